The van der Waals surface area contributed by atoms with Gasteiger partial charge in [0.15, 0.2) is 0 Å². The summed E-state index contributed by atoms with van der Waals surface area (Å²) in [5.74, 6) is 0.0209. The molecule has 0 radical (unpaired) electrons. The van der Waals surface area contributed by atoms with Crippen LogP contribution in [0.3, 0.4) is 0 Å². The molecule has 1 aromatic heterocycles. The molecule has 0 aliphatic carbocycles. The second-order valence-electron chi connectivity index (χ2n) is 5.60. The van der Waals surface area contributed by atoms with Gasteiger partial charge in [-0.2, -0.15) is 0 Å². The van der Waals surface area contributed by atoms with Gasteiger partial charge in [0.25, 0.3) is 0 Å². The average molecular weight is 329 g/mol. The van der Waals surface area contributed by atoms with E-state index in [2.05, 4.69) is 20.1 Å². The summed E-state index contributed by atoms with van der Waals surface area (Å²) >= 11 is 0. The molecule has 2 aromatic rings. The second-order valence-corrected chi connectivity index (χ2v) is 5.60. The topological polar surface area (TPSA) is 74.5 Å². The molecule has 0 atom stereocenters. The van der Waals surface area contributed by atoms with Crippen molar-refractivity contribution in [2.45, 2.75) is 0 Å². The Balaban J connectivity index is 1.58. The number of pyridine rings is 1. The number of amides is 1. The highest BCUT2D eigenvalue weighted by molar-refractivity contribution is 5.91. The van der Waals surface area contributed by atoms with Gasteiger partial charge >= 0.3 is 0 Å². The van der Waals surface area contributed by atoms with Crippen molar-refractivity contribution in [1.29, 1.82) is 0 Å². The Morgan fingerprint density at radius 2 is 1.62 bits per heavy atom. The van der Waals surface area contributed by atoms with E-state index in [0.29, 0.717) is 5.82 Å². The molecule has 1 aliphatic heterocycles. The summed E-state index contributed by atoms with van der Waals surface area (Å²) in [6.45, 7) is 3.37. The number of aromatic nitrogens is 1. The van der Waals surface area contributed by atoms with Crippen LogP contribution >= 0.6 is 0 Å². The number of carbonyl (C=O) groups is 1. The molecule has 3 N–H and O–H groups in total. The van der Waals surface area contributed by atoms with E-state index in [-0.39, 0.29) is 18.3 Å². The Morgan fingerprint density at radius 1 is 1.04 bits per heavy atom. The molecular formula is C17H20FN5O. The van der Waals surface area contributed by atoms with Gasteiger partial charge in [0, 0.05) is 31.9 Å². The van der Waals surface area contributed by atoms with Crippen molar-refractivity contribution in [3.63, 3.8) is 0 Å². The van der Waals surface area contributed by atoms with Gasteiger partial charge in [0.05, 0.1) is 18.4 Å². The fraction of sp³-hybridized carbons (Fsp3) is 0.294. The van der Waals surface area contributed by atoms with Crippen molar-refractivity contribution in [1.82, 2.24) is 4.98 Å². The Bertz CT molecular complexity index is 681. The molecule has 7 heteroatoms. The van der Waals surface area contributed by atoms with Gasteiger partial charge in [-0.1, -0.05) is 0 Å². The number of nitrogens with one attached hydrogen (secondary N) is 1. The number of nitrogens with zero attached hydrogens (tertiary/aromatic N) is 3. The number of piperazine rings is 1. The Morgan fingerprint density at radius 3 is 2.17 bits per heavy atom. The van der Waals surface area contributed by atoms with Crippen LogP contribution in [0.1, 0.15) is 0 Å². The molecule has 6 nitrogen and oxygen atoms in total. The number of benzene rings is 1. The van der Waals surface area contributed by atoms with E-state index in [0.717, 1.165) is 37.6 Å². The van der Waals surface area contributed by atoms with Crippen LogP contribution in [0.15, 0.2) is 42.6 Å². The minimum absolute atomic E-state index is 0.0607. The summed E-state index contributed by atoms with van der Waals surface area (Å²) in [6.07, 6.45) is 1.75. The normalized spacial score (nSPS) is 14.6. The van der Waals surface area contributed by atoms with Crippen molar-refractivity contribution in [2.75, 3.05) is 47.8 Å². The molecule has 1 aliphatic rings. The lowest BCUT2D eigenvalue weighted by atomic mass is 10.2. The number of carbonyl (C=O) groups excluding carboxylic acids is 1. The van der Waals surface area contributed by atoms with Crippen molar-refractivity contribution in [2.24, 2.45) is 5.73 Å². The molecule has 1 amide bonds. The Hall–Kier alpha value is -2.67. The molecule has 2 heterocycles. The smallest absolute Gasteiger partial charge is 0.239 e. The largest absolute Gasteiger partial charge is 0.368 e. The third kappa shape index (κ3) is 3.80. The van der Waals surface area contributed by atoms with E-state index in [1.807, 2.05) is 18.2 Å². The highest BCUT2D eigenvalue weighted by Gasteiger charge is 2.18. The molecule has 0 unspecified atom stereocenters. The fourth-order valence-electron chi connectivity index (χ4n) is 2.72. The van der Waals surface area contributed by atoms with Gasteiger partial charge < -0.3 is 20.9 Å². The number of hydrogen-bond donors (Lipinski definition) is 2. The first kappa shape index (κ1) is 16.2. The van der Waals surface area contributed by atoms with Crippen LogP contribution in [0.25, 0.3) is 0 Å². The highest BCUT2D eigenvalue weighted by atomic mass is 19.1. The van der Waals surface area contributed by atoms with Gasteiger partial charge in [0.1, 0.15) is 11.6 Å². The van der Waals surface area contributed by atoms with Crippen molar-refractivity contribution >= 4 is 23.1 Å². The third-order valence-electron chi connectivity index (χ3n) is 4.04. The molecule has 1 saturated heterocycles. The molecule has 3 rings (SSSR count). The summed E-state index contributed by atoms with van der Waals surface area (Å²) in [5, 5.41) is 2.62. The molecule has 1 aromatic carbocycles. The lowest BCUT2D eigenvalue weighted by Gasteiger charge is -2.37. The van der Waals surface area contributed by atoms with Crippen molar-refractivity contribution in [3.8, 4) is 0 Å². The van der Waals surface area contributed by atoms with Gasteiger partial charge in [0.2, 0.25) is 5.91 Å². The van der Waals surface area contributed by atoms with E-state index in [1.54, 1.807) is 12.3 Å². The zero-order valence-corrected chi connectivity index (χ0v) is 13.3. The lowest BCUT2D eigenvalue weighted by Crippen LogP contribution is -2.46. The average Bonchev–Trinajstić information content (AvgIpc) is 2.63. The van der Waals surface area contributed by atoms with Crippen molar-refractivity contribution < 1.29 is 9.18 Å². The van der Waals surface area contributed by atoms with Gasteiger partial charge in [-0.05, 0) is 36.4 Å². The summed E-state index contributed by atoms with van der Waals surface area (Å²) in [7, 11) is 0. The summed E-state index contributed by atoms with van der Waals surface area (Å²) in [4.78, 5) is 20.0. The first-order valence-electron chi connectivity index (χ1n) is 7.87. The molecule has 0 bridgehead atoms. The molecule has 0 spiro atoms. The number of hydrogen-bond acceptors (Lipinski definition) is 5. The number of rotatable bonds is 4. The molecular weight excluding hydrogens is 309 g/mol. The van der Waals surface area contributed by atoms with Crippen LogP contribution in [0.5, 0.6) is 0 Å². The maximum Gasteiger partial charge on any atom is 0.239 e. The summed E-state index contributed by atoms with van der Waals surface area (Å²) in [6, 6.07) is 10.3. The predicted octanol–water partition coefficient (Wildman–Crippen LogP) is 1.44. The first-order valence-corrected chi connectivity index (χ1v) is 7.87. The summed E-state index contributed by atoms with van der Waals surface area (Å²) in [5.41, 5.74) is 7.31. The number of halogens is 1. The molecule has 1 fully saturated rings. The molecule has 0 saturated carbocycles. The maximum absolute atomic E-state index is 13.0. The minimum Gasteiger partial charge on any atom is -0.368 e. The fourth-order valence-corrected chi connectivity index (χ4v) is 2.72. The zero-order chi connectivity index (χ0) is 16.9. The lowest BCUT2D eigenvalue weighted by molar-refractivity contribution is -0.114. The van der Waals surface area contributed by atoms with Crippen LogP contribution in [-0.2, 0) is 4.79 Å². The number of nitrogens with two attached hydrogens (primary N) is 1. The van der Waals surface area contributed by atoms with E-state index >= 15 is 0 Å². The maximum atomic E-state index is 13.0. The number of anilines is 3. The van der Waals surface area contributed by atoms with E-state index in [9.17, 15) is 9.18 Å². The van der Waals surface area contributed by atoms with Crippen molar-refractivity contribution in [3.05, 3.63) is 48.4 Å². The van der Waals surface area contributed by atoms with Gasteiger partial charge in [-0.3, -0.25) is 4.79 Å². The monoisotopic (exact) mass is 329 g/mol. The minimum atomic E-state index is -0.261. The quantitative estimate of drug-likeness (QED) is 0.888. The van der Waals surface area contributed by atoms with Crippen LogP contribution in [0.2, 0.25) is 0 Å². The Labute approximate surface area is 140 Å². The van der Waals surface area contributed by atoms with E-state index in [4.69, 9.17) is 5.73 Å². The van der Waals surface area contributed by atoms with Gasteiger partial charge in [-0.15, -0.1) is 0 Å². The molecule has 126 valence electrons. The first-order chi connectivity index (χ1) is 11.7. The third-order valence-corrected chi connectivity index (χ3v) is 4.04. The van der Waals surface area contributed by atoms with Crippen LogP contribution in [-0.4, -0.2) is 43.6 Å². The Kier molecular flexibility index (Phi) is 4.90. The molecule has 24 heavy (non-hydrogen) atoms. The standard InChI is InChI=1S/C17H20FN5O/c18-13-1-3-14(4-2-13)22-7-9-23(10-8-22)15-5-6-16(20-12-15)21-17(24)11-19/h1-6,12H,7-11,19H2,(H,20,21,24). The highest BCUT2D eigenvalue weighted by Crippen LogP contribution is 2.21. The second kappa shape index (κ2) is 7.27. The van der Waals surface area contributed by atoms with Crippen LogP contribution in [0.4, 0.5) is 21.6 Å². The zero-order valence-electron chi connectivity index (χ0n) is 13.3. The van der Waals surface area contributed by atoms with Crippen LogP contribution < -0.4 is 20.9 Å². The SMILES string of the molecule is NCC(=O)Nc1ccc(N2CCN(c3ccc(F)cc3)CC2)cn1. The van der Waals surface area contributed by atoms with E-state index in [1.165, 1.54) is 12.1 Å². The van der Waals surface area contributed by atoms with Gasteiger partial charge in [-0.25, -0.2) is 9.37 Å². The van der Waals surface area contributed by atoms with Crippen LogP contribution in [0, 0.1) is 5.82 Å². The predicted molar refractivity (Wildman–Crippen MR) is 92.7 cm³/mol. The summed E-state index contributed by atoms with van der Waals surface area (Å²) < 4.78 is 13.0. The van der Waals surface area contributed by atoms with E-state index < -0.39 is 0 Å².